The summed E-state index contributed by atoms with van der Waals surface area (Å²) in [5.74, 6) is -1.15. The van der Waals surface area contributed by atoms with Gasteiger partial charge in [-0.25, -0.2) is 0 Å². The van der Waals surface area contributed by atoms with Crippen molar-refractivity contribution >= 4 is 29.3 Å². The quantitative estimate of drug-likeness (QED) is 0.510. The largest absolute Gasteiger partial charge is 0.364 e. The molecule has 154 valence electrons. The zero-order valence-electron chi connectivity index (χ0n) is 15.8. The van der Waals surface area contributed by atoms with Gasteiger partial charge in [0, 0.05) is 6.07 Å². The second-order valence-electron chi connectivity index (χ2n) is 6.44. The molecule has 2 aromatic carbocycles. The molecule has 3 aromatic rings. The highest BCUT2D eigenvalue weighted by Gasteiger charge is 2.20. The summed E-state index contributed by atoms with van der Waals surface area (Å²) in [7, 11) is 0. The van der Waals surface area contributed by atoms with Gasteiger partial charge in [0.2, 0.25) is 5.91 Å². The van der Waals surface area contributed by atoms with Crippen LogP contribution in [0.2, 0.25) is 5.02 Å². The molecule has 1 heterocycles. The van der Waals surface area contributed by atoms with Crippen LogP contribution < -0.4 is 16.4 Å². The van der Waals surface area contributed by atoms with Crippen LogP contribution in [0.4, 0.5) is 0 Å². The molecular formula is C21H19ClN4O4. The SMILES string of the molecule is NC(=O)c1cc(CNC(=O)CC(NC(=O)c2ccccc2Cl)c2ccccc2)on1. The lowest BCUT2D eigenvalue weighted by Crippen LogP contribution is -2.33. The second kappa shape index (κ2) is 9.71. The summed E-state index contributed by atoms with van der Waals surface area (Å²) in [6, 6.07) is 16.6. The van der Waals surface area contributed by atoms with Crippen molar-refractivity contribution in [2.75, 3.05) is 0 Å². The van der Waals surface area contributed by atoms with Gasteiger partial charge < -0.3 is 20.9 Å². The minimum Gasteiger partial charge on any atom is -0.364 e. The summed E-state index contributed by atoms with van der Waals surface area (Å²) in [6.45, 7) is 0.0269. The molecule has 0 saturated heterocycles. The van der Waals surface area contributed by atoms with Gasteiger partial charge in [0.25, 0.3) is 11.8 Å². The van der Waals surface area contributed by atoms with Crippen molar-refractivity contribution in [2.24, 2.45) is 5.73 Å². The molecule has 1 unspecified atom stereocenters. The van der Waals surface area contributed by atoms with Crippen molar-refractivity contribution in [3.8, 4) is 0 Å². The van der Waals surface area contributed by atoms with Crippen LogP contribution >= 0.6 is 11.6 Å². The van der Waals surface area contributed by atoms with E-state index in [9.17, 15) is 14.4 Å². The average Bonchev–Trinajstić information content (AvgIpc) is 3.22. The van der Waals surface area contributed by atoms with Crippen LogP contribution in [0.1, 0.15) is 44.6 Å². The van der Waals surface area contributed by atoms with Crippen LogP contribution in [-0.2, 0) is 11.3 Å². The maximum absolute atomic E-state index is 12.7. The zero-order chi connectivity index (χ0) is 21.5. The molecular weight excluding hydrogens is 408 g/mol. The van der Waals surface area contributed by atoms with E-state index in [1.165, 1.54) is 6.07 Å². The van der Waals surface area contributed by atoms with E-state index in [1.54, 1.807) is 24.3 Å². The van der Waals surface area contributed by atoms with E-state index >= 15 is 0 Å². The van der Waals surface area contributed by atoms with Gasteiger partial charge in [0.05, 0.1) is 29.6 Å². The van der Waals surface area contributed by atoms with Gasteiger partial charge in [-0.3, -0.25) is 14.4 Å². The summed E-state index contributed by atoms with van der Waals surface area (Å²) in [6.07, 6.45) is -0.0168. The number of nitrogens with two attached hydrogens (primary N) is 1. The van der Waals surface area contributed by atoms with Gasteiger partial charge in [0.15, 0.2) is 11.5 Å². The predicted molar refractivity (Wildman–Crippen MR) is 110 cm³/mol. The molecule has 30 heavy (non-hydrogen) atoms. The number of aromatic nitrogens is 1. The fraction of sp³-hybridized carbons (Fsp3) is 0.143. The summed E-state index contributed by atoms with van der Waals surface area (Å²) >= 11 is 6.11. The van der Waals surface area contributed by atoms with Crippen molar-refractivity contribution in [1.82, 2.24) is 15.8 Å². The number of rotatable bonds is 8. The Morgan fingerprint density at radius 2 is 1.77 bits per heavy atom. The van der Waals surface area contributed by atoms with E-state index in [0.717, 1.165) is 5.56 Å². The molecule has 8 nitrogen and oxygen atoms in total. The first-order valence-corrected chi connectivity index (χ1v) is 9.44. The number of nitrogens with one attached hydrogen (secondary N) is 2. The molecule has 0 spiro atoms. The standard InChI is InChI=1S/C21H19ClN4O4/c22-16-9-5-4-8-15(16)21(29)25-17(13-6-2-1-3-7-13)11-19(27)24-12-14-10-18(20(23)28)26-30-14/h1-10,17H,11-12H2,(H2,23,28)(H,24,27)(H,25,29). The molecule has 0 bridgehead atoms. The average molecular weight is 427 g/mol. The normalized spacial score (nSPS) is 11.5. The lowest BCUT2D eigenvalue weighted by atomic mass is 10.0. The van der Waals surface area contributed by atoms with Crippen molar-refractivity contribution in [3.05, 3.63) is 88.3 Å². The van der Waals surface area contributed by atoms with E-state index in [0.29, 0.717) is 10.6 Å². The highest BCUT2D eigenvalue weighted by molar-refractivity contribution is 6.33. The molecule has 3 rings (SSSR count). The number of benzene rings is 2. The Balaban J connectivity index is 1.68. The van der Waals surface area contributed by atoms with Gasteiger partial charge in [-0.2, -0.15) is 0 Å². The predicted octanol–water partition coefficient (Wildman–Crippen LogP) is 2.60. The molecule has 1 atom stereocenters. The lowest BCUT2D eigenvalue weighted by molar-refractivity contribution is -0.121. The minimum atomic E-state index is -0.720. The van der Waals surface area contributed by atoms with Crippen molar-refractivity contribution in [2.45, 2.75) is 19.0 Å². The maximum atomic E-state index is 12.7. The molecule has 1 aromatic heterocycles. The Bertz CT molecular complexity index is 1050. The number of primary amides is 1. The number of carbonyl (C=O) groups excluding carboxylic acids is 3. The summed E-state index contributed by atoms with van der Waals surface area (Å²) in [5.41, 5.74) is 6.19. The number of nitrogens with zero attached hydrogens (tertiary/aromatic N) is 1. The molecule has 3 amide bonds. The molecule has 0 fully saturated rings. The fourth-order valence-corrected chi connectivity index (χ4v) is 3.00. The molecule has 0 radical (unpaired) electrons. The topological polar surface area (TPSA) is 127 Å². The number of hydrogen-bond acceptors (Lipinski definition) is 5. The number of hydrogen-bond donors (Lipinski definition) is 3. The van der Waals surface area contributed by atoms with E-state index in [4.69, 9.17) is 21.9 Å². The van der Waals surface area contributed by atoms with Gasteiger partial charge in [-0.05, 0) is 17.7 Å². The molecule has 0 aliphatic heterocycles. The van der Waals surface area contributed by atoms with Crippen molar-refractivity contribution in [3.63, 3.8) is 0 Å². The van der Waals surface area contributed by atoms with Gasteiger partial charge >= 0.3 is 0 Å². The summed E-state index contributed by atoms with van der Waals surface area (Å²) < 4.78 is 4.95. The van der Waals surface area contributed by atoms with Crippen LogP contribution in [0.5, 0.6) is 0 Å². The van der Waals surface area contributed by atoms with Gasteiger partial charge in [0.1, 0.15) is 0 Å². The first-order valence-electron chi connectivity index (χ1n) is 9.06. The highest BCUT2D eigenvalue weighted by atomic mass is 35.5. The van der Waals surface area contributed by atoms with Crippen molar-refractivity contribution < 1.29 is 18.9 Å². The Kier molecular flexibility index (Phi) is 6.82. The number of amides is 3. The Morgan fingerprint density at radius 3 is 2.43 bits per heavy atom. The molecule has 0 saturated carbocycles. The van der Waals surface area contributed by atoms with E-state index < -0.39 is 11.9 Å². The third-order valence-corrected chi connectivity index (χ3v) is 4.62. The van der Waals surface area contributed by atoms with Crippen LogP contribution in [-0.4, -0.2) is 22.9 Å². The number of halogens is 1. The zero-order valence-corrected chi connectivity index (χ0v) is 16.6. The lowest BCUT2D eigenvalue weighted by Gasteiger charge is -2.19. The fourth-order valence-electron chi connectivity index (χ4n) is 2.77. The summed E-state index contributed by atoms with van der Waals surface area (Å²) in [4.78, 5) is 36.2. The minimum absolute atomic E-state index is 0.0168. The molecule has 0 aliphatic rings. The Hall–Kier alpha value is -3.65. The molecule has 4 N–H and O–H groups in total. The van der Waals surface area contributed by atoms with Crippen LogP contribution in [0.25, 0.3) is 0 Å². The Labute approximate surface area is 177 Å². The van der Waals surface area contributed by atoms with Gasteiger partial charge in [-0.15, -0.1) is 0 Å². The van der Waals surface area contributed by atoms with Gasteiger partial charge in [-0.1, -0.05) is 59.2 Å². The monoisotopic (exact) mass is 426 g/mol. The van der Waals surface area contributed by atoms with Crippen LogP contribution in [0.15, 0.2) is 65.2 Å². The third-order valence-electron chi connectivity index (χ3n) is 4.29. The first kappa shape index (κ1) is 21.1. The maximum Gasteiger partial charge on any atom is 0.270 e. The third kappa shape index (κ3) is 5.45. The van der Waals surface area contributed by atoms with E-state index in [2.05, 4.69) is 15.8 Å². The van der Waals surface area contributed by atoms with E-state index in [-0.39, 0.29) is 36.2 Å². The van der Waals surface area contributed by atoms with Crippen LogP contribution in [0.3, 0.4) is 0 Å². The second-order valence-corrected chi connectivity index (χ2v) is 6.85. The Morgan fingerprint density at radius 1 is 1.07 bits per heavy atom. The first-order chi connectivity index (χ1) is 14.4. The van der Waals surface area contributed by atoms with Crippen molar-refractivity contribution in [1.29, 1.82) is 0 Å². The van der Waals surface area contributed by atoms with E-state index in [1.807, 2.05) is 30.3 Å². The van der Waals surface area contributed by atoms with Crippen LogP contribution in [0, 0.1) is 0 Å². The molecule has 0 aliphatic carbocycles. The highest BCUT2D eigenvalue weighted by Crippen LogP contribution is 2.20. The smallest absolute Gasteiger partial charge is 0.270 e. The summed E-state index contributed by atoms with van der Waals surface area (Å²) in [5, 5.41) is 9.37. The molecule has 9 heteroatoms. The number of carbonyl (C=O) groups is 3.